The van der Waals surface area contributed by atoms with Crippen LogP contribution in [0.1, 0.15) is 26.7 Å². The van der Waals surface area contributed by atoms with E-state index in [0.717, 1.165) is 0 Å². The fourth-order valence-electron chi connectivity index (χ4n) is 2.79. The van der Waals surface area contributed by atoms with E-state index in [2.05, 4.69) is 0 Å². The lowest BCUT2D eigenvalue weighted by Crippen LogP contribution is -2.48. The lowest BCUT2D eigenvalue weighted by molar-refractivity contribution is -0.144. The Kier molecular flexibility index (Phi) is 5.08. The molecule has 0 amide bonds. The van der Waals surface area contributed by atoms with Crippen LogP contribution in [-0.2, 0) is 14.8 Å². The number of rotatable bonds is 5. The van der Waals surface area contributed by atoms with Crippen LogP contribution >= 0.6 is 0 Å². The van der Waals surface area contributed by atoms with Gasteiger partial charge >= 0.3 is 5.97 Å². The van der Waals surface area contributed by atoms with E-state index < -0.39 is 28.0 Å². The van der Waals surface area contributed by atoms with Gasteiger partial charge in [-0.05, 0) is 51.0 Å². The van der Waals surface area contributed by atoms with E-state index in [1.165, 1.54) is 16.4 Å². The summed E-state index contributed by atoms with van der Waals surface area (Å²) in [6, 6.07) is 5.66. The molecule has 1 aromatic carbocycles. The molecule has 6 nitrogen and oxygen atoms in total. The number of hydrogen-bond acceptors (Lipinski definition) is 4. The van der Waals surface area contributed by atoms with Crippen molar-refractivity contribution in [3.63, 3.8) is 0 Å². The molecule has 122 valence electrons. The van der Waals surface area contributed by atoms with E-state index >= 15 is 0 Å². The molecule has 1 saturated heterocycles. The van der Waals surface area contributed by atoms with Gasteiger partial charge in [-0.3, -0.25) is 4.79 Å². The third-order valence-corrected chi connectivity index (χ3v) is 5.99. The first-order valence-corrected chi connectivity index (χ1v) is 8.79. The average Bonchev–Trinajstić information content (AvgIpc) is 2.48. The molecule has 1 N–H and O–H groups in total. The molecule has 0 aliphatic carbocycles. The topological polar surface area (TPSA) is 83.9 Å². The van der Waals surface area contributed by atoms with Gasteiger partial charge in [0.15, 0.2) is 0 Å². The molecule has 1 aliphatic rings. The Morgan fingerprint density at radius 3 is 2.55 bits per heavy atom. The number of sulfonamides is 1. The number of carboxylic acids is 1. The highest BCUT2D eigenvalue weighted by Gasteiger charge is 2.39. The molecular formula is C15H21NO5S. The summed E-state index contributed by atoms with van der Waals surface area (Å²) < 4.78 is 32.1. The summed E-state index contributed by atoms with van der Waals surface area (Å²) >= 11 is 0. The first-order chi connectivity index (χ1) is 10.4. The summed E-state index contributed by atoms with van der Waals surface area (Å²) in [7, 11) is -3.69. The minimum atomic E-state index is -3.69. The van der Waals surface area contributed by atoms with E-state index in [1.54, 1.807) is 19.1 Å². The largest absolute Gasteiger partial charge is 0.494 e. The summed E-state index contributed by atoms with van der Waals surface area (Å²) in [6.07, 6.45) is 1.06. The fraction of sp³-hybridized carbons (Fsp3) is 0.533. The van der Waals surface area contributed by atoms with E-state index in [4.69, 9.17) is 4.74 Å². The maximum absolute atomic E-state index is 12.7. The molecule has 2 rings (SSSR count). The van der Waals surface area contributed by atoms with Gasteiger partial charge in [0.2, 0.25) is 10.0 Å². The van der Waals surface area contributed by atoms with Gasteiger partial charge in [-0.1, -0.05) is 0 Å². The van der Waals surface area contributed by atoms with Gasteiger partial charge in [-0.15, -0.1) is 0 Å². The predicted molar refractivity (Wildman–Crippen MR) is 81.3 cm³/mol. The molecule has 2 atom stereocenters. The van der Waals surface area contributed by atoms with Gasteiger partial charge in [0.1, 0.15) is 5.75 Å². The first kappa shape index (κ1) is 16.8. The monoisotopic (exact) mass is 327 g/mol. The Labute approximate surface area is 130 Å². The zero-order valence-corrected chi connectivity index (χ0v) is 13.5. The lowest BCUT2D eigenvalue weighted by atomic mass is 9.92. The zero-order valence-electron chi connectivity index (χ0n) is 12.7. The highest BCUT2D eigenvalue weighted by molar-refractivity contribution is 7.89. The maximum atomic E-state index is 12.7. The minimum absolute atomic E-state index is 0.161. The summed E-state index contributed by atoms with van der Waals surface area (Å²) in [5.41, 5.74) is 0. The predicted octanol–water partition coefficient (Wildman–Crippen LogP) is 1.96. The van der Waals surface area contributed by atoms with Crippen molar-refractivity contribution in [2.75, 3.05) is 13.2 Å². The average molecular weight is 327 g/mol. The minimum Gasteiger partial charge on any atom is -0.494 e. The number of piperidine rings is 1. The van der Waals surface area contributed by atoms with Gasteiger partial charge in [-0.2, -0.15) is 4.31 Å². The maximum Gasteiger partial charge on any atom is 0.308 e. The second kappa shape index (κ2) is 6.66. The van der Waals surface area contributed by atoms with Crippen LogP contribution in [0.25, 0.3) is 0 Å². The van der Waals surface area contributed by atoms with Crippen LogP contribution in [0.2, 0.25) is 0 Å². The molecule has 0 unspecified atom stereocenters. The van der Waals surface area contributed by atoms with Crippen molar-refractivity contribution in [1.29, 1.82) is 0 Å². The van der Waals surface area contributed by atoms with Gasteiger partial charge < -0.3 is 9.84 Å². The van der Waals surface area contributed by atoms with Crippen molar-refractivity contribution in [2.45, 2.75) is 37.6 Å². The Balaban J connectivity index is 2.27. The molecule has 1 aliphatic heterocycles. The molecule has 0 aromatic heterocycles. The standard InChI is InChI=1S/C15H21NO5S/c1-3-21-12-6-8-13(9-7-12)22(19,20)16-10-4-5-14(11(16)2)15(17)18/h6-9,11,14H,3-5,10H2,1-2H3,(H,17,18)/t11-,14-/m0/s1. The summed E-state index contributed by atoms with van der Waals surface area (Å²) in [5, 5.41) is 9.22. The van der Waals surface area contributed by atoms with E-state index in [0.29, 0.717) is 31.7 Å². The molecule has 0 spiro atoms. The third-order valence-electron chi connectivity index (χ3n) is 3.99. The highest BCUT2D eigenvalue weighted by Crippen LogP contribution is 2.30. The smallest absolute Gasteiger partial charge is 0.308 e. The molecule has 0 radical (unpaired) electrons. The van der Waals surface area contributed by atoms with Gasteiger partial charge in [0, 0.05) is 12.6 Å². The van der Waals surface area contributed by atoms with Crippen LogP contribution in [0.5, 0.6) is 5.75 Å². The van der Waals surface area contributed by atoms with Crippen LogP contribution in [0.4, 0.5) is 0 Å². The first-order valence-electron chi connectivity index (χ1n) is 7.35. The van der Waals surface area contributed by atoms with Crippen molar-refractivity contribution in [3.8, 4) is 5.75 Å². The molecule has 1 fully saturated rings. The van der Waals surface area contributed by atoms with Crippen LogP contribution in [0.15, 0.2) is 29.2 Å². The summed E-state index contributed by atoms with van der Waals surface area (Å²) in [4.78, 5) is 11.4. The van der Waals surface area contributed by atoms with Crippen molar-refractivity contribution >= 4 is 16.0 Å². The third kappa shape index (κ3) is 3.25. The van der Waals surface area contributed by atoms with E-state index in [9.17, 15) is 18.3 Å². The van der Waals surface area contributed by atoms with Crippen LogP contribution in [0, 0.1) is 5.92 Å². The number of carboxylic acid groups (broad SMARTS) is 1. The molecular weight excluding hydrogens is 306 g/mol. The highest BCUT2D eigenvalue weighted by atomic mass is 32.2. The molecule has 1 aromatic rings. The second-order valence-electron chi connectivity index (χ2n) is 5.35. The number of benzene rings is 1. The normalized spacial score (nSPS) is 23.2. The fourth-order valence-corrected chi connectivity index (χ4v) is 4.50. The Morgan fingerprint density at radius 2 is 2.00 bits per heavy atom. The van der Waals surface area contributed by atoms with Gasteiger partial charge in [0.25, 0.3) is 0 Å². The number of carbonyl (C=O) groups is 1. The lowest BCUT2D eigenvalue weighted by Gasteiger charge is -2.36. The van der Waals surface area contributed by atoms with Gasteiger partial charge in [-0.25, -0.2) is 8.42 Å². The SMILES string of the molecule is CCOc1ccc(S(=O)(=O)N2CCC[C@H](C(=O)O)[C@@H]2C)cc1. The number of aliphatic carboxylic acids is 1. The number of hydrogen-bond donors (Lipinski definition) is 1. The molecule has 1 heterocycles. The van der Waals surface area contributed by atoms with Crippen LogP contribution < -0.4 is 4.74 Å². The zero-order chi connectivity index (χ0) is 16.3. The quantitative estimate of drug-likeness (QED) is 0.894. The molecule has 0 saturated carbocycles. The summed E-state index contributed by atoms with van der Waals surface area (Å²) in [5.74, 6) is -0.998. The van der Waals surface area contributed by atoms with Crippen LogP contribution in [-0.4, -0.2) is 43.0 Å². The Bertz CT molecular complexity index is 626. The Hall–Kier alpha value is -1.60. The molecule has 7 heteroatoms. The second-order valence-corrected chi connectivity index (χ2v) is 7.24. The van der Waals surface area contributed by atoms with E-state index in [1.807, 2.05) is 6.92 Å². The van der Waals surface area contributed by atoms with Crippen molar-refractivity contribution < 1.29 is 23.1 Å². The number of nitrogens with zero attached hydrogens (tertiary/aromatic N) is 1. The van der Waals surface area contributed by atoms with E-state index in [-0.39, 0.29) is 4.90 Å². The van der Waals surface area contributed by atoms with Crippen molar-refractivity contribution in [1.82, 2.24) is 4.31 Å². The molecule has 22 heavy (non-hydrogen) atoms. The summed E-state index contributed by atoms with van der Waals surface area (Å²) in [6.45, 7) is 4.37. The van der Waals surface area contributed by atoms with Gasteiger partial charge in [0.05, 0.1) is 17.4 Å². The number of ether oxygens (including phenoxy) is 1. The van der Waals surface area contributed by atoms with Crippen LogP contribution in [0.3, 0.4) is 0 Å². The Morgan fingerprint density at radius 1 is 1.36 bits per heavy atom. The van der Waals surface area contributed by atoms with Crippen molar-refractivity contribution in [2.24, 2.45) is 5.92 Å². The molecule has 0 bridgehead atoms. The van der Waals surface area contributed by atoms with Crippen molar-refractivity contribution in [3.05, 3.63) is 24.3 Å².